The predicted octanol–water partition coefficient (Wildman–Crippen LogP) is 1.28. The van der Waals surface area contributed by atoms with Crippen molar-refractivity contribution in [3.8, 4) is 11.5 Å². The lowest BCUT2D eigenvalue weighted by Crippen LogP contribution is -1.95. The van der Waals surface area contributed by atoms with Crippen LogP contribution in [0.1, 0.15) is 10.5 Å². The number of phenolic OH excluding ortho intramolecular Hbond substituents is 1. The first-order valence-electron chi connectivity index (χ1n) is 3.87. The summed E-state index contributed by atoms with van der Waals surface area (Å²) in [5.41, 5.74) is 0.0707. The SMILES string of the molecule is O=C(O)c1[nH]c2cccc(O)c2c1O. The quantitative estimate of drug-likeness (QED) is 0.548. The van der Waals surface area contributed by atoms with Crippen molar-refractivity contribution in [2.24, 2.45) is 0 Å². The fraction of sp³-hybridized carbons (Fsp3) is 0. The molecule has 0 saturated carbocycles. The highest BCUT2D eigenvalue weighted by Gasteiger charge is 2.18. The van der Waals surface area contributed by atoms with E-state index in [4.69, 9.17) is 5.11 Å². The van der Waals surface area contributed by atoms with E-state index in [1.54, 1.807) is 12.1 Å². The highest BCUT2D eigenvalue weighted by atomic mass is 16.4. The molecule has 4 N–H and O–H groups in total. The summed E-state index contributed by atoms with van der Waals surface area (Å²) in [6.45, 7) is 0. The van der Waals surface area contributed by atoms with Gasteiger partial charge < -0.3 is 20.3 Å². The summed E-state index contributed by atoms with van der Waals surface area (Å²) in [7, 11) is 0. The lowest BCUT2D eigenvalue weighted by Gasteiger charge is -1.93. The summed E-state index contributed by atoms with van der Waals surface area (Å²) < 4.78 is 0. The molecular formula is C9H7NO4. The summed E-state index contributed by atoms with van der Waals surface area (Å²) >= 11 is 0. The summed E-state index contributed by atoms with van der Waals surface area (Å²) in [6, 6.07) is 4.50. The number of carboxylic acid groups (broad SMARTS) is 1. The summed E-state index contributed by atoms with van der Waals surface area (Å²) in [6.07, 6.45) is 0. The van der Waals surface area contributed by atoms with Gasteiger partial charge in [0.25, 0.3) is 0 Å². The highest BCUT2D eigenvalue weighted by molar-refractivity contribution is 6.02. The van der Waals surface area contributed by atoms with Crippen molar-refractivity contribution in [2.75, 3.05) is 0 Å². The molecule has 0 saturated heterocycles. The monoisotopic (exact) mass is 193 g/mol. The van der Waals surface area contributed by atoms with Crippen LogP contribution in [0.4, 0.5) is 0 Å². The standard InChI is InChI=1S/C9H7NO4/c11-5-3-1-2-4-6(5)8(12)7(10-4)9(13)14/h1-3,10-12H,(H,13,14). The molecule has 1 heterocycles. The number of aromatic hydroxyl groups is 2. The van der Waals surface area contributed by atoms with E-state index in [1.165, 1.54) is 6.07 Å². The number of aromatic amines is 1. The van der Waals surface area contributed by atoms with Crippen LogP contribution < -0.4 is 0 Å². The first kappa shape index (κ1) is 8.43. The average Bonchev–Trinajstić information content (AvgIpc) is 2.45. The molecule has 2 aromatic rings. The number of H-pyrrole nitrogens is 1. The fourth-order valence-electron chi connectivity index (χ4n) is 1.37. The second kappa shape index (κ2) is 2.66. The molecule has 72 valence electrons. The van der Waals surface area contributed by atoms with Gasteiger partial charge in [0.1, 0.15) is 5.75 Å². The number of carboxylic acids is 1. The summed E-state index contributed by atoms with van der Waals surface area (Å²) in [5.74, 6) is -1.85. The van der Waals surface area contributed by atoms with Crippen LogP contribution in [0.3, 0.4) is 0 Å². The lowest BCUT2D eigenvalue weighted by molar-refractivity contribution is 0.0688. The molecule has 1 aromatic carbocycles. The number of phenols is 1. The minimum Gasteiger partial charge on any atom is -0.507 e. The van der Waals surface area contributed by atoms with Gasteiger partial charge in [-0.2, -0.15) is 0 Å². The molecule has 0 aliphatic heterocycles. The Labute approximate surface area is 78.2 Å². The third kappa shape index (κ3) is 0.990. The maximum absolute atomic E-state index is 10.6. The van der Waals surface area contributed by atoms with Crippen LogP contribution in [0.2, 0.25) is 0 Å². The molecule has 0 aliphatic rings. The maximum atomic E-state index is 10.6. The largest absolute Gasteiger partial charge is 0.507 e. The van der Waals surface area contributed by atoms with Gasteiger partial charge >= 0.3 is 5.97 Å². The molecule has 2 rings (SSSR count). The third-order valence-corrected chi connectivity index (χ3v) is 1.99. The zero-order valence-electron chi connectivity index (χ0n) is 6.98. The van der Waals surface area contributed by atoms with Crippen molar-refractivity contribution in [3.63, 3.8) is 0 Å². The molecule has 5 heteroatoms. The molecule has 0 radical (unpaired) electrons. The molecule has 0 unspecified atom stereocenters. The van der Waals surface area contributed by atoms with Gasteiger partial charge in [-0.15, -0.1) is 0 Å². The highest BCUT2D eigenvalue weighted by Crippen LogP contribution is 2.35. The summed E-state index contributed by atoms with van der Waals surface area (Å²) in [4.78, 5) is 13.1. The van der Waals surface area contributed by atoms with Crippen LogP contribution in [-0.2, 0) is 0 Å². The van der Waals surface area contributed by atoms with Crippen LogP contribution in [0.15, 0.2) is 18.2 Å². The Hall–Kier alpha value is -2.17. The molecule has 0 spiro atoms. The number of hydrogen-bond donors (Lipinski definition) is 4. The van der Waals surface area contributed by atoms with Crippen molar-refractivity contribution in [1.82, 2.24) is 4.98 Å². The Morgan fingerprint density at radius 2 is 2.00 bits per heavy atom. The van der Waals surface area contributed by atoms with Crippen LogP contribution in [0.25, 0.3) is 10.9 Å². The van der Waals surface area contributed by atoms with Crippen molar-refractivity contribution >= 4 is 16.9 Å². The Kier molecular flexibility index (Phi) is 1.60. The lowest BCUT2D eigenvalue weighted by atomic mass is 10.2. The van der Waals surface area contributed by atoms with E-state index in [-0.39, 0.29) is 16.8 Å². The van der Waals surface area contributed by atoms with Gasteiger partial charge in [0.05, 0.1) is 10.9 Å². The molecule has 5 nitrogen and oxygen atoms in total. The van der Waals surface area contributed by atoms with E-state index in [9.17, 15) is 15.0 Å². The topological polar surface area (TPSA) is 93.5 Å². The van der Waals surface area contributed by atoms with Gasteiger partial charge in [0.2, 0.25) is 0 Å². The number of benzene rings is 1. The number of fused-ring (bicyclic) bond motifs is 1. The van der Waals surface area contributed by atoms with E-state index in [0.717, 1.165) is 0 Å². The molecule has 0 fully saturated rings. The molecule has 14 heavy (non-hydrogen) atoms. The normalized spacial score (nSPS) is 10.6. The maximum Gasteiger partial charge on any atom is 0.356 e. The van der Waals surface area contributed by atoms with E-state index >= 15 is 0 Å². The van der Waals surface area contributed by atoms with Crippen LogP contribution in [-0.4, -0.2) is 26.3 Å². The molecule has 0 bridgehead atoms. The number of hydrogen-bond acceptors (Lipinski definition) is 3. The van der Waals surface area contributed by atoms with Crippen LogP contribution in [0, 0.1) is 0 Å². The number of aromatic carboxylic acids is 1. The van der Waals surface area contributed by atoms with E-state index in [0.29, 0.717) is 5.52 Å². The molecule has 0 amide bonds. The van der Waals surface area contributed by atoms with Gasteiger partial charge in [0, 0.05) is 0 Å². The molecular weight excluding hydrogens is 186 g/mol. The zero-order chi connectivity index (χ0) is 10.3. The van der Waals surface area contributed by atoms with Gasteiger partial charge in [0.15, 0.2) is 11.4 Å². The number of nitrogens with one attached hydrogen (secondary N) is 1. The van der Waals surface area contributed by atoms with Crippen LogP contribution in [0.5, 0.6) is 11.5 Å². The second-order valence-corrected chi connectivity index (χ2v) is 2.85. The zero-order valence-corrected chi connectivity index (χ0v) is 6.98. The Balaban J connectivity index is 2.87. The summed E-state index contributed by atoms with van der Waals surface area (Å²) in [5, 5.41) is 27.7. The first-order chi connectivity index (χ1) is 6.61. The number of aromatic nitrogens is 1. The van der Waals surface area contributed by atoms with Gasteiger partial charge in [-0.25, -0.2) is 4.79 Å². The van der Waals surface area contributed by atoms with E-state index < -0.39 is 11.7 Å². The average molecular weight is 193 g/mol. The number of rotatable bonds is 1. The number of carbonyl (C=O) groups is 1. The Morgan fingerprint density at radius 1 is 1.29 bits per heavy atom. The smallest absolute Gasteiger partial charge is 0.356 e. The molecule has 1 aromatic heterocycles. The Morgan fingerprint density at radius 3 is 2.57 bits per heavy atom. The van der Waals surface area contributed by atoms with Gasteiger partial charge in [-0.1, -0.05) is 6.07 Å². The van der Waals surface area contributed by atoms with Gasteiger partial charge in [-0.05, 0) is 12.1 Å². The second-order valence-electron chi connectivity index (χ2n) is 2.85. The van der Waals surface area contributed by atoms with E-state index in [1.807, 2.05) is 0 Å². The van der Waals surface area contributed by atoms with Crippen LogP contribution >= 0.6 is 0 Å². The third-order valence-electron chi connectivity index (χ3n) is 1.99. The van der Waals surface area contributed by atoms with Crippen molar-refractivity contribution in [3.05, 3.63) is 23.9 Å². The minimum atomic E-state index is -1.27. The minimum absolute atomic E-state index is 0.130. The first-order valence-corrected chi connectivity index (χ1v) is 3.87. The van der Waals surface area contributed by atoms with Gasteiger partial charge in [-0.3, -0.25) is 0 Å². The van der Waals surface area contributed by atoms with Crippen molar-refractivity contribution < 1.29 is 20.1 Å². The molecule has 0 aliphatic carbocycles. The van der Waals surface area contributed by atoms with E-state index in [2.05, 4.69) is 4.98 Å². The fourth-order valence-corrected chi connectivity index (χ4v) is 1.37. The Bertz CT molecular complexity index is 515. The predicted molar refractivity (Wildman–Crippen MR) is 48.6 cm³/mol. The molecule has 0 atom stereocenters. The van der Waals surface area contributed by atoms with Crippen molar-refractivity contribution in [1.29, 1.82) is 0 Å². The van der Waals surface area contributed by atoms with Crippen molar-refractivity contribution in [2.45, 2.75) is 0 Å².